The molecule has 0 saturated carbocycles. The van der Waals surface area contributed by atoms with Gasteiger partial charge < -0.3 is 9.84 Å². The van der Waals surface area contributed by atoms with Gasteiger partial charge in [0.15, 0.2) is 5.82 Å². The van der Waals surface area contributed by atoms with Crippen LogP contribution < -0.4 is 5.32 Å². The maximum Gasteiger partial charge on any atom is 0.240 e. The standard InChI is InChI=1S/C13H16FN3O/c1-9(7-11-3-5-12(14)6-4-11)15-8-13-16-10(2)17-18-13/h3-6,9,15H,7-8H2,1-2H3. The van der Waals surface area contributed by atoms with Gasteiger partial charge in [-0.25, -0.2) is 4.39 Å². The van der Waals surface area contributed by atoms with Crippen LogP contribution in [0.5, 0.6) is 0 Å². The number of nitrogens with zero attached hydrogens (tertiary/aromatic N) is 2. The number of benzene rings is 1. The molecule has 0 spiro atoms. The molecule has 96 valence electrons. The quantitative estimate of drug-likeness (QED) is 0.883. The zero-order chi connectivity index (χ0) is 13.0. The van der Waals surface area contributed by atoms with E-state index in [1.165, 1.54) is 12.1 Å². The highest BCUT2D eigenvalue weighted by Crippen LogP contribution is 2.06. The summed E-state index contributed by atoms with van der Waals surface area (Å²) in [6, 6.07) is 6.80. The van der Waals surface area contributed by atoms with Crippen molar-refractivity contribution < 1.29 is 8.91 Å². The predicted octanol–water partition coefficient (Wildman–Crippen LogP) is 2.24. The van der Waals surface area contributed by atoms with Crippen molar-refractivity contribution in [1.29, 1.82) is 0 Å². The Morgan fingerprint density at radius 3 is 2.67 bits per heavy atom. The first-order chi connectivity index (χ1) is 8.63. The summed E-state index contributed by atoms with van der Waals surface area (Å²) in [5.41, 5.74) is 1.10. The summed E-state index contributed by atoms with van der Waals surface area (Å²) in [4.78, 5) is 4.11. The van der Waals surface area contributed by atoms with Crippen molar-refractivity contribution in [3.63, 3.8) is 0 Å². The number of nitrogens with one attached hydrogen (secondary N) is 1. The summed E-state index contributed by atoms with van der Waals surface area (Å²) in [6.07, 6.45) is 0.827. The van der Waals surface area contributed by atoms with Gasteiger partial charge in [0.05, 0.1) is 6.54 Å². The maximum atomic E-state index is 12.8. The smallest absolute Gasteiger partial charge is 0.240 e. The molecule has 0 aliphatic rings. The van der Waals surface area contributed by atoms with Crippen LogP contribution in [-0.2, 0) is 13.0 Å². The van der Waals surface area contributed by atoms with Crippen molar-refractivity contribution >= 4 is 0 Å². The van der Waals surface area contributed by atoms with Crippen molar-refractivity contribution in [1.82, 2.24) is 15.5 Å². The molecule has 0 saturated heterocycles. The lowest BCUT2D eigenvalue weighted by atomic mass is 10.1. The topological polar surface area (TPSA) is 51.0 Å². The van der Waals surface area contributed by atoms with Crippen LogP contribution in [0.4, 0.5) is 4.39 Å². The van der Waals surface area contributed by atoms with Gasteiger partial charge in [-0.1, -0.05) is 17.3 Å². The molecule has 0 radical (unpaired) electrons. The molecule has 5 heteroatoms. The lowest BCUT2D eigenvalue weighted by molar-refractivity contribution is 0.356. The normalized spacial score (nSPS) is 12.6. The molecule has 1 atom stereocenters. The largest absolute Gasteiger partial charge is 0.338 e. The van der Waals surface area contributed by atoms with Gasteiger partial charge in [0.1, 0.15) is 5.82 Å². The number of aryl methyl sites for hydroxylation is 1. The van der Waals surface area contributed by atoms with Crippen molar-refractivity contribution in [2.45, 2.75) is 32.9 Å². The number of rotatable bonds is 5. The molecule has 0 aliphatic carbocycles. The molecule has 2 rings (SSSR count). The number of halogens is 1. The Balaban J connectivity index is 1.81. The third-order valence-corrected chi connectivity index (χ3v) is 2.63. The summed E-state index contributed by atoms with van der Waals surface area (Å²) in [5, 5.41) is 7.01. The average molecular weight is 249 g/mol. The third kappa shape index (κ3) is 3.63. The van der Waals surface area contributed by atoms with Crippen LogP contribution in [0.2, 0.25) is 0 Å². The fraction of sp³-hybridized carbons (Fsp3) is 0.385. The van der Waals surface area contributed by atoms with Crippen LogP contribution in [0.1, 0.15) is 24.2 Å². The minimum atomic E-state index is -0.208. The van der Waals surface area contributed by atoms with Crippen LogP contribution in [0.3, 0.4) is 0 Å². The minimum absolute atomic E-state index is 0.208. The first kappa shape index (κ1) is 12.7. The highest BCUT2D eigenvalue weighted by atomic mass is 19.1. The second-order valence-corrected chi connectivity index (χ2v) is 4.35. The maximum absolute atomic E-state index is 12.8. The number of hydrogen-bond donors (Lipinski definition) is 1. The Labute approximate surface area is 105 Å². The van der Waals surface area contributed by atoms with Gasteiger partial charge in [-0.3, -0.25) is 0 Å². The van der Waals surface area contributed by atoms with Gasteiger partial charge in [0.2, 0.25) is 5.89 Å². The zero-order valence-corrected chi connectivity index (χ0v) is 10.5. The summed E-state index contributed by atoms with van der Waals surface area (Å²) >= 11 is 0. The van der Waals surface area contributed by atoms with E-state index in [0.717, 1.165) is 12.0 Å². The molecular formula is C13H16FN3O. The molecule has 1 aromatic carbocycles. The average Bonchev–Trinajstić information content (AvgIpc) is 2.76. The Kier molecular flexibility index (Phi) is 4.04. The summed E-state index contributed by atoms with van der Waals surface area (Å²) < 4.78 is 17.8. The molecule has 1 N–H and O–H groups in total. The van der Waals surface area contributed by atoms with E-state index in [4.69, 9.17) is 4.52 Å². The molecule has 0 amide bonds. The van der Waals surface area contributed by atoms with Crippen LogP contribution >= 0.6 is 0 Å². The predicted molar refractivity (Wildman–Crippen MR) is 65.4 cm³/mol. The van der Waals surface area contributed by atoms with Crippen molar-refractivity contribution in [2.24, 2.45) is 0 Å². The molecule has 1 unspecified atom stereocenters. The van der Waals surface area contributed by atoms with Gasteiger partial charge in [0, 0.05) is 6.04 Å². The molecule has 0 fully saturated rings. The summed E-state index contributed by atoms with van der Waals surface area (Å²) in [6.45, 7) is 4.39. The fourth-order valence-electron chi connectivity index (χ4n) is 1.72. The van der Waals surface area contributed by atoms with Crippen LogP contribution in [0.25, 0.3) is 0 Å². The molecule has 1 heterocycles. The van der Waals surface area contributed by atoms with Crippen molar-refractivity contribution in [2.75, 3.05) is 0 Å². The first-order valence-electron chi connectivity index (χ1n) is 5.90. The highest BCUT2D eigenvalue weighted by Gasteiger charge is 2.07. The van der Waals surface area contributed by atoms with E-state index in [-0.39, 0.29) is 11.9 Å². The molecule has 2 aromatic rings. The second kappa shape index (κ2) is 5.73. The Bertz CT molecular complexity index is 495. The molecule has 18 heavy (non-hydrogen) atoms. The van der Waals surface area contributed by atoms with Gasteiger partial charge in [-0.15, -0.1) is 0 Å². The van der Waals surface area contributed by atoms with E-state index < -0.39 is 0 Å². The van der Waals surface area contributed by atoms with E-state index >= 15 is 0 Å². The van der Waals surface area contributed by atoms with Crippen molar-refractivity contribution in [3.05, 3.63) is 47.4 Å². The highest BCUT2D eigenvalue weighted by molar-refractivity contribution is 5.16. The molecule has 1 aromatic heterocycles. The van der Waals surface area contributed by atoms with Crippen LogP contribution in [-0.4, -0.2) is 16.2 Å². The van der Waals surface area contributed by atoms with Gasteiger partial charge in [-0.2, -0.15) is 4.98 Å². The van der Waals surface area contributed by atoms with Gasteiger partial charge in [0.25, 0.3) is 0 Å². The van der Waals surface area contributed by atoms with E-state index in [1.54, 1.807) is 19.1 Å². The number of aromatic nitrogens is 2. The van der Waals surface area contributed by atoms with Crippen molar-refractivity contribution in [3.8, 4) is 0 Å². The third-order valence-electron chi connectivity index (χ3n) is 2.63. The Hall–Kier alpha value is -1.75. The van der Waals surface area contributed by atoms with Gasteiger partial charge in [-0.05, 0) is 38.0 Å². The summed E-state index contributed by atoms with van der Waals surface area (Å²) in [7, 11) is 0. The lowest BCUT2D eigenvalue weighted by Crippen LogP contribution is -2.27. The van der Waals surface area contributed by atoms with Gasteiger partial charge >= 0.3 is 0 Å². The SMILES string of the molecule is Cc1noc(CNC(C)Cc2ccc(F)cc2)n1. The van der Waals surface area contributed by atoms with E-state index in [0.29, 0.717) is 18.3 Å². The first-order valence-corrected chi connectivity index (χ1v) is 5.90. The number of hydrogen-bond acceptors (Lipinski definition) is 4. The van der Waals surface area contributed by atoms with Crippen LogP contribution in [0.15, 0.2) is 28.8 Å². The monoisotopic (exact) mass is 249 g/mol. The van der Waals surface area contributed by atoms with E-state index in [1.807, 2.05) is 0 Å². The minimum Gasteiger partial charge on any atom is -0.338 e. The molecule has 4 nitrogen and oxygen atoms in total. The molecule has 0 bridgehead atoms. The molecule has 0 aliphatic heterocycles. The Morgan fingerprint density at radius 1 is 1.33 bits per heavy atom. The zero-order valence-electron chi connectivity index (χ0n) is 10.5. The summed E-state index contributed by atoms with van der Waals surface area (Å²) in [5.74, 6) is 1.01. The van der Waals surface area contributed by atoms with E-state index in [9.17, 15) is 4.39 Å². The second-order valence-electron chi connectivity index (χ2n) is 4.35. The van der Waals surface area contributed by atoms with E-state index in [2.05, 4.69) is 22.4 Å². The fourth-order valence-corrected chi connectivity index (χ4v) is 1.72. The Morgan fingerprint density at radius 2 is 2.06 bits per heavy atom. The lowest BCUT2D eigenvalue weighted by Gasteiger charge is -2.12. The molecular weight excluding hydrogens is 233 g/mol. The van der Waals surface area contributed by atoms with Crippen LogP contribution in [0, 0.1) is 12.7 Å².